The van der Waals surface area contributed by atoms with Gasteiger partial charge in [-0.25, -0.2) is 4.39 Å². The first-order valence-electron chi connectivity index (χ1n) is 6.32. The molecule has 0 radical (unpaired) electrons. The Balaban J connectivity index is 2.28. The zero-order valence-corrected chi connectivity index (χ0v) is 12.1. The molecule has 1 amide bonds. The smallest absolute Gasteiger partial charge is 0.251 e. The van der Waals surface area contributed by atoms with Gasteiger partial charge in [0.05, 0.1) is 10.7 Å². The number of benzene rings is 2. The quantitative estimate of drug-likeness (QED) is 0.848. The summed E-state index contributed by atoms with van der Waals surface area (Å²) in [6, 6.07) is 8.67. The minimum Gasteiger partial charge on any atom is -0.455 e. The Hall–Kier alpha value is -2.27. The summed E-state index contributed by atoms with van der Waals surface area (Å²) in [4.78, 5) is 11.8. The number of nitrogens with two attached hydrogens (primary N) is 1. The Kier molecular flexibility index (Phi) is 4.65. The van der Waals surface area contributed by atoms with E-state index < -0.39 is 5.82 Å². The van der Waals surface area contributed by atoms with E-state index >= 15 is 0 Å². The van der Waals surface area contributed by atoms with Crippen LogP contribution < -0.4 is 15.8 Å². The van der Waals surface area contributed by atoms with E-state index in [2.05, 4.69) is 5.32 Å². The number of nitrogens with one attached hydrogen (secondary N) is 1. The first kappa shape index (κ1) is 15.1. The fourth-order valence-corrected chi connectivity index (χ4v) is 1.86. The molecular weight excluding hydrogens is 295 g/mol. The van der Waals surface area contributed by atoms with Gasteiger partial charge in [0, 0.05) is 18.2 Å². The van der Waals surface area contributed by atoms with Crippen molar-refractivity contribution in [3.8, 4) is 11.5 Å². The lowest BCUT2D eigenvalue weighted by Crippen LogP contribution is -2.22. The Morgan fingerprint density at radius 1 is 1.33 bits per heavy atom. The predicted octanol–water partition coefficient (Wildman–Crippen LogP) is 3.60. The van der Waals surface area contributed by atoms with Gasteiger partial charge in [0.2, 0.25) is 0 Å². The van der Waals surface area contributed by atoms with Gasteiger partial charge < -0.3 is 15.8 Å². The molecule has 110 valence electrons. The Morgan fingerprint density at radius 3 is 2.76 bits per heavy atom. The van der Waals surface area contributed by atoms with Gasteiger partial charge >= 0.3 is 0 Å². The fourth-order valence-electron chi connectivity index (χ4n) is 1.69. The van der Waals surface area contributed by atoms with Crippen LogP contribution in [0.4, 0.5) is 10.1 Å². The van der Waals surface area contributed by atoms with Crippen LogP contribution >= 0.6 is 11.6 Å². The summed E-state index contributed by atoms with van der Waals surface area (Å²) in [6.45, 7) is 2.35. The highest BCUT2D eigenvalue weighted by molar-refractivity contribution is 6.30. The fraction of sp³-hybridized carbons (Fsp3) is 0.133. The zero-order chi connectivity index (χ0) is 15.4. The molecular formula is C15H14ClFN2O2. The molecule has 21 heavy (non-hydrogen) atoms. The summed E-state index contributed by atoms with van der Waals surface area (Å²) in [5.41, 5.74) is 6.61. The summed E-state index contributed by atoms with van der Waals surface area (Å²) >= 11 is 5.69. The van der Waals surface area contributed by atoms with Crippen molar-refractivity contribution in [2.45, 2.75) is 6.92 Å². The normalized spacial score (nSPS) is 10.2. The van der Waals surface area contributed by atoms with Crippen molar-refractivity contribution in [3.05, 3.63) is 52.8 Å². The van der Waals surface area contributed by atoms with Gasteiger partial charge in [-0.05, 0) is 37.3 Å². The standard InChI is InChI=1S/C15H14ClFN2O2/c1-2-19-15(20)9-3-6-13(18)14(7-9)21-10-4-5-12(17)11(16)8-10/h3-8H,2,18H2,1H3,(H,19,20). The van der Waals surface area contributed by atoms with Crippen LogP contribution in [0.25, 0.3) is 0 Å². The lowest BCUT2D eigenvalue weighted by atomic mass is 10.1. The van der Waals surface area contributed by atoms with E-state index in [1.165, 1.54) is 24.3 Å². The van der Waals surface area contributed by atoms with Gasteiger partial charge in [-0.2, -0.15) is 0 Å². The SMILES string of the molecule is CCNC(=O)c1ccc(N)c(Oc2ccc(F)c(Cl)c2)c1. The molecule has 0 aromatic heterocycles. The highest BCUT2D eigenvalue weighted by Crippen LogP contribution is 2.30. The first-order chi connectivity index (χ1) is 10.0. The van der Waals surface area contributed by atoms with E-state index in [1.807, 2.05) is 6.92 Å². The third kappa shape index (κ3) is 3.64. The van der Waals surface area contributed by atoms with Crippen molar-refractivity contribution >= 4 is 23.2 Å². The Labute approximate surface area is 126 Å². The van der Waals surface area contributed by atoms with Crippen molar-refractivity contribution < 1.29 is 13.9 Å². The second kappa shape index (κ2) is 6.45. The molecule has 0 saturated heterocycles. The van der Waals surface area contributed by atoms with E-state index in [0.29, 0.717) is 29.3 Å². The molecule has 0 unspecified atom stereocenters. The van der Waals surface area contributed by atoms with Crippen LogP contribution in [0, 0.1) is 5.82 Å². The highest BCUT2D eigenvalue weighted by atomic mass is 35.5. The summed E-state index contributed by atoms with van der Waals surface area (Å²) < 4.78 is 18.7. The first-order valence-corrected chi connectivity index (χ1v) is 6.69. The highest BCUT2D eigenvalue weighted by Gasteiger charge is 2.10. The maximum Gasteiger partial charge on any atom is 0.251 e. The number of hydrogen-bond donors (Lipinski definition) is 2. The second-order valence-electron chi connectivity index (χ2n) is 4.29. The third-order valence-electron chi connectivity index (χ3n) is 2.73. The van der Waals surface area contributed by atoms with Crippen molar-refractivity contribution in [2.24, 2.45) is 0 Å². The molecule has 0 fully saturated rings. The molecule has 4 nitrogen and oxygen atoms in total. The molecule has 0 aliphatic carbocycles. The maximum absolute atomic E-state index is 13.1. The van der Waals surface area contributed by atoms with E-state index in [4.69, 9.17) is 22.1 Å². The molecule has 2 aromatic carbocycles. The lowest BCUT2D eigenvalue weighted by Gasteiger charge is -2.11. The van der Waals surface area contributed by atoms with Crippen LogP contribution in [0.1, 0.15) is 17.3 Å². The number of rotatable bonds is 4. The minimum absolute atomic E-state index is 0.0500. The third-order valence-corrected chi connectivity index (χ3v) is 3.02. The number of carbonyl (C=O) groups excluding carboxylic acids is 1. The van der Waals surface area contributed by atoms with Crippen molar-refractivity contribution in [3.63, 3.8) is 0 Å². The molecule has 2 rings (SSSR count). The summed E-state index contributed by atoms with van der Waals surface area (Å²) in [5, 5.41) is 2.63. The molecule has 0 bridgehead atoms. The van der Waals surface area contributed by atoms with Gasteiger partial charge in [-0.15, -0.1) is 0 Å². The average molecular weight is 309 g/mol. The van der Waals surface area contributed by atoms with E-state index in [9.17, 15) is 9.18 Å². The molecule has 0 spiro atoms. The van der Waals surface area contributed by atoms with Gasteiger partial charge in [0.15, 0.2) is 5.75 Å². The largest absolute Gasteiger partial charge is 0.455 e. The topological polar surface area (TPSA) is 64.4 Å². The maximum atomic E-state index is 13.1. The van der Waals surface area contributed by atoms with Crippen LogP contribution in [0.3, 0.4) is 0 Å². The van der Waals surface area contributed by atoms with Crippen molar-refractivity contribution in [2.75, 3.05) is 12.3 Å². The van der Waals surface area contributed by atoms with E-state index in [0.717, 1.165) is 0 Å². The predicted molar refractivity (Wildman–Crippen MR) is 80.3 cm³/mol. The molecule has 0 aliphatic heterocycles. The molecule has 0 aliphatic rings. The molecule has 6 heteroatoms. The summed E-state index contributed by atoms with van der Waals surface area (Å²) in [6.07, 6.45) is 0. The van der Waals surface area contributed by atoms with Crippen molar-refractivity contribution in [1.82, 2.24) is 5.32 Å². The number of halogens is 2. The monoisotopic (exact) mass is 308 g/mol. The Bertz CT molecular complexity index is 677. The van der Waals surface area contributed by atoms with Gasteiger partial charge in [-0.3, -0.25) is 4.79 Å². The molecule has 0 saturated carbocycles. The molecule has 2 aromatic rings. The van der Waals surface area contributed by atoms with Crippen LogP contribution in [0.5, 0.6) is 11.5 Å². The van der Waals surface area contributed by atoms with E-state index in [-0.39, 0.29) is 10.9 Å². The summed E-state index contributed by atoms with van der Waals surface area (Å²) in [5.74, 6) is -0.116. The average Bonchev–Trinajstić information content (AvgIpc) is 2.45. The second-order valence-corrected chi connectivity index (χ2v) is 4.70. The number of hydrogen-bond acceptors (Lipinski definition) is 3. The van der Waals surface area contributed by atoms with Gasteiger partial charge in [0.25, 0.3) is 5.91 Å². The van der Waals surface area contributed by atoms with Crippen molar-refractivity contribution in [1.29, 1.82) is 0 Å². The van der Waals surface area contributed by atoms with Crippen LogP contribution in [0.15, 0.2) is 36.4 Å². The molecule has 0 heterocycles. The van der Waals surface area contributed by atoms with Gasteiger partial charge in [0.1, 0.15) is 11.6 Å². The summed E-state index contributed by atoms with van der Waals surface area (Å²) in [7, 11) is 0. The zero-order valence-electron chi connectivity index (χ0n) is 11.3. The number of carbonyl (C=O) groups is 1. The van der Waals surface area contributed by atoms with Crippen LogP contribution in [-0.2, 0) is 0 Å². The number of ether oxygens (including phenoxy) is 1. The Morgan fingerprint density at radius 2 is 2.10 bits per heavy atom. The van der Waals surface area contributed by atoms with Gasteiger partial charge in [-0.1, -0.05) is 11.6 Å². The molecule has 0 atom stereocenters. The van der Waals surface area contributed by atoms with Crippen LogP contribution in [0.2, 0.25) is 5.02 Å². The van der Waals surface area contributed by atoms with Crippen LogP contribution in [-0.4, -0.2) is 12.5 Å². The number of anilines is 1. The van der Waals surface area contributed by atoms with E-state index in [1.54, 1.807) is 12.1 Å². The number of amides is 1. The number of nitrogen functional groups attached to an aromatic ring is 1. The minimum atomic E-state index is -0.534. The lowest BCUT2D eigenvalue weighted by molar-refractivity contribution is 0.0955. The molecule has 3 N–H and O–H groups in total.